The molecule has 0 saturated carbocycles. The van der Waals surface area contributed by atoms with Crippen LogP contribution in [-0.4, -0.2) is 32.6 Å². The molecule has 0 amide bonds. The molecule has 0 saturated heterocycles. The minimum atomic E-state index is 0.491. The Balaban J connectivity index is 2.20. The molecular formula is C15H24N4. The van der Waals surface area contributed by atoms with Gasteiger partial charge in [0, 0.05) is 25.8 Å². The molecule has 0 aliphatic carbocycles. The van der Waals surface area contributed by atoms with Gasteiger partial charge in [-0.2, -0.15) is 0 Å². The van der Waals surface area contributed by atoms with Crippen molar-refractivity contribution in [3.05, 3.63) is 42.5 Å². The SMILES string of the molecule is C=C(C)CN=C(N)NCCCN(C)c1ccccc1. The van der Waals surface area contributed by atoms with Crippen LogP contribution in [0.25, 0.3) is 0 Å². The van der Waals surface area contributed by atoms with Crippen molar-refractivity contribution in [3.8, 4) is 0 Å². The Morgan fingerprint density at radius 2 is 2.05 bits per heavy atom. The number of aliphatic imine (C=N–C) groups is 1. The number of anilines is 1. The summed E-state index contributed by atoms with van der Waals surface area (Å²) in [6.07, 6.45) is 1.01. The van der Waals surface area contributed by atoms with E-state index in [0.717, 1.165) is 25.1 Å². The van der Waals surface area contributed by atoms with Crippen molar-refractivity contribution < 1.29 is 0 Å². The number of guanidine groups is 1. The Morgan fingerprint density at radius 1 is 1.37 bits per heavy atom. The third-order valence-corrected chi connectivity index (χ3v) is 2.69. The molecule has 1 aromatic rings. The lowest BCUT2D eigenvalue weighted by molar-refractivity contribution is 0.748. The first-order chi connectivity index (χ1) is 9.09. The lowest BCUT2D eigenvalue weighted by Gasteiger charge is -2.19. The Hall–Kier alpha value is -1.97. The van der Waals surface area contributed by atoms with Gasteiger partial charge in [-0.25, -0.2) is 4.99 Å². The number of hydrogen-bond acceptors (Lipinski definition) is 2. The third kappa shape index (κ3) is 6.50. The van der Waals surface area contributed by atoms with Gasteiger partial charge < -0.3 is 16.0 Å². The molecule has 0 aromatic heterocycles. The van der Waals surface area contributed by atoms with Crippen LogP contribution in [0.15, 0.2) is 47.5 Å². The van der Waals surface area contributed by atoms with Gasteiger partial charge in [0.05, 0.1) is 6.54 Å². The fourth-order valence-electron chi connectivity index (χ4n) is 1.62. The quantitative estimate of drug-likeness (QED) is 0.341. The highest BCUT2D eigenvalue weighted by molar-refractivity contribution is 5.77. The van der Waals surface area contributed by atoms with Crippen LogP contribution >= 0.6 is 0 Å². The van der Waals surface area contributed by atoms with Crippen LogP contribution in [-0.2, 0) is 0 Å². The first-order valence-corrected chi connectivity index (χ1v) is 6.54. The van der Waals surface area contributed by atoms with Gasteiger partial charge in [0.25, 0.3) is 0 Å². The van der Waals surface area contributed by atoms with Crippen molar-refractivity contribution in [3.63, 3.8) is 0 Å². The summed E-state index contributed by atoms with van der Waals surface area (Å²) in [6.45, 7) is 8.10. The van der Waals surface area contributed by atoms with Crippen LogP contribution < -0.4 is 16.0 Å². The van der Waals surface area contributed by atoms with E-state index in [0.29, 0.717) is 12.5 Å². The molecule has 0 aliphatic rings. The molecule has 1 aromatic carbocycles. The molecule has 4 nitrogen and oxygen atoms in total. The van der Waals surface area contributed by atoms with E-state index >= 15 is 0 Å². The highest BCUT2D eigenvalue weighted by Crippen LogP contribution is 2.10. The third-order valence-electron chi connectivity index (χ3n) is 2.69. The number of para-hydroxylation sites is 1. The van der Waals surface area contributed by atoms with Crippen LogP contribution in [0.2, 0.25) is 0 Å². The topological polar surface area (TPSA) is 53.6 Å². The monoisotopic (exact) mass is 260 g/mol. The second-order valence-corrected chi connectivity index (χ2v) is 4.70. The van der Waals surface area contributed by atoms with Crippen molar-refractivity contribution in [1.29, 1.82) is 0 Å². The molecule has 0 radical (unpaired) electrons. The number of benzene rings is 1. The molecule has 1 rings (SSSR count). The highest BCUT2D eigenvalue weighted by Gasteiger charge is 1.99. The van der Waals surface area contributed by atoms with Crippen LogP contribution in [0, 0.1) is 0 Å². The van der Waals surface area contributed by atoms with E-state index in [1.807, 2.05) is 25.1 Å². The van der Waals surface area contributed by atoms with E-state index < -0.39 is 0 Å². The number of hydrogen-bond donors (Lipinski definition) is 2. The van der Waals surface area contributed by atoms with Crippen molar-refractivity contribution >= 4 is 11.6 Å². The summed E-state index contributed by atoms with van der Waals surface area (Å²) in [4.78, 5) is 6.39. The minimum absolute atomic E-state index is 0.491. The van der Waals surface area contributed by atoms with E-state index in [1.165, 1.54) is 5.69 Å². The first-order valence-electron chi connectivity index (χ1n) is 6.54. The molecule has 104 valence electrons. The molecule has 0 atom stereocenters. The van der Waals surface area contributed by atoms with E-state index in [2.05, 4.69) is 41.0 Å². The second kappa shape index (κ2) is 8.19. The van der Waals surface area contributed by atoms with E-state index in [9.17, 15) is 0 Å². The van der Waals surface area contributed by atoms with Crippen molar-refractivity contribution in [2.24, 2.45) is 10.7 Å². The molecule has 19 heavy (non-hydrogen) atoms. The van der Waals surface area contributed by atoms with Gasteiger partial charge >= 0.3 is 0 Å². The standard InChI is InChI=1S/C15H24N4/c1-13(2)12-18-15(16)17-10-7-11-19(3)14-8-5-4-6-9-14/h4-6,8-9H,1,7,10-12H2,2-3H3,(H3,16,17,18). The maximum Gasteiger partial charge on any atom is 0.188 e. The summed E-state index contributed by atoms with van der Waals surface area (Å²) >= 11 is 0. The van der Waals surface area contributed by atoms with Gasteiger partial charge in [-0.15, -0.1) is 0 Å². The second-order valence-electron chi connectivity index (χ2n) is 4.70. The zero-order valence-corrected chi connectivity index (χ0v) is 11.9. The van der Waals surface area contributed by atoms with Gasteiger partial charge in [-0.3, -0.25) is 0 Å². The molecular weight excluding hydrogens is 236 g/mol. The summed E-state index contributed by atoms with van der Waals surface area (Å²) < 4.78 is 0. The maximum absolute atomic E-state index is 5.73. The number of rotatable bonds is 7. The van der Waals surface area contributed by atoms with Crippen molar-refractivity contribution in [2.75, 3.05) is 31.6 Å². The number of nitrogens with one attached hydrogen (secondary N) is 1. The average Bonchev–Trinajstić information content (AvgIpc) is 2.42. The Bertz CT molecular complexity index is 411. The summed E-state index contributed by atoms with van der Waals surface area (Å²) in [5.41, 5.74) is 7.97. The van der Waals surface area contributed by atoms with Crippen LogP contribution in [0.1, 0.15) is 13.3 Å². The molecule has 0 bridgehead atoms. The predicted octanol–water partition coefficient (Wildman–Crippen LogP) is 1.99. The van der Waals surface area contributed by atoms with Gasteiger partial charge in [-0.1, -0.05) is 30.4 Å². The van der Waals surface area contributed by atoms with Crippen LogP contribution in [0.5, 0.6) is 0 Å². The molecule has 0 heterocycles. The molecule has 0 fully saturated rings. The minimum Gasteiger partial charge on any atom is -0.375 e. The van der Waals surface area contributed by atoms with Gasteiger partial charge in [-0.05, 0) is 25.5 Å². The van der Waals surface area contributed by atoms with Gasteiger partial charge in [0.2, 0.25) is 0 Å². The number of nitrogens with zero attached hydrogens (tertiary/aromatic N) is 2. The average molecular weight is 260 g/mol. The van der Waals surface area contributed by atoms with Gasteiger partial charge in [0.1, 0.15) is 0 Å². The summed E-state index contributed by atoms with van der Waals surface area (Å²) in [5.74, 6) is 0.491. The zero-order chi connectivity index (χ0) is 14.1. The molecule has 0 spiro atoms. The van der Waals surface area contributed by atoms with Crippen molar-refractivity contribution in [1.82, 2.24) is 5.32 Å². The zero-order valence-electron chi connectivity index (χ0n) is 11.9. The molecule has 4 heteroatoms. The van der Waals surface area contributed by atoms with E-state index in [4.69, 9.17) is 5.73 Å². The maximum atomic E-state index is 5.73. The first kappa shape index (κ1) is 15.1. The predicted molar refractivity (Wildman–Crippen MR) is 83.6 cm³/mol. The highest BCUT2D eigenvalue weighted by atomic mass is 15.1. The van der Waals surface area contributed by atoms with E-state index in [1.54, 1.807) is 0 Å². The fraction of sp³-hybridized carbons (Fsp3) is 0.400. The molecule has 3 N–H and O–H groups in total. The smallest absolute Gasteiger partial charge is 0.188 e. The molecule has 0 unspecified atom stereocenters. The van der Waals surface area contributed by atoms with E-state index in [-0.39, 0.29) is 0 Å². The molecule has 0 aliphatic heterocycles. The lowest BCUT2D eigenvalue weighted by atomic mass is 10.3. The number of nitrogens with two attached hydrogens (primary N) is 1. The van der Waals surface area contributed by atoms with Crippen LogP contribution in [0.4, 0.5) is 5.69 Å². The summed E-state index contributed by atoms with van der Waals surface area (Å²) in [6, 6.07) is 10.3. The Labute approximate surface area is 116 Å². The van der Waals surface area contributed by atoms with Crippen molar-refractivity contribution in [2.45, 2.75) is 13.3 Å². The van der Waals surface area contributed by atoms with Crippen LogP contribution in [0.3, 0.4) is 0 Å². The van der Waals surface area contributed by atoms with Gasteiger partial charge in [0.15, 0.2) is 5.96 Å². The summed E-state index contributed by atoms with van der Waals surface area (Å²) in [5, 5.41) is 3.10. The lowest BCUT2D eigenvalue weighted by Crippen LogP contribution is -2.34. The Morgan fingerprint density at radius 3 is 2.68 bits per heavy atom. The Kier molecular flexibility index (Phi) is 6.50. The fourth-order valence-corrected chi connectivity index (χ4v) is 1.62. The normalized spacial score (nSPS) is 11.2. The summed E-state index contributed by atoms with van der Waals surface area (Å²) in [7, 11) is 2.09. The largest absolute Gasteiger partial charge is 0.375 e.